The minimum atomic E-state index is -1.16. The number of imidazole rings is 1. The average molecular weight is 305 g/mol. The molecule has 0 bridgehead atoms. The largest absolute Gasteiger partial charge is 0.506 e. The lowest BCUT2D eigenvalue weighted by atomic mass is 10.3. The molecule has 0 spiro atoms. The predicted octanol–water partition coefficient (Wildman–Crippen LogP) is 2.20. The number of pyridine rings is 1. The van der Waals surface area contributed by atoms with E-state index >= 15 is 0 Å². The summed E-state index contributed by atoms with van der Waals surface area (Å²) in [4.78, 5) is 19.4. The fourth-order valence-corrected chi connectivity index (χ4v) is 3.06. The molecule has 0 saturated carbocycles. The number of methoxy groups -OCH3 is 1. The van der Waals surface area contributed by atoms with E-state index in [2.05, 4.69) is 9.97 Å². The first-order chi connectivity index (χ1) is 10.0. The van der Waals surface area contributed by atoms with Crippen molar-refractivity contribution in [3.63, 3.8) is 0 Å². The number of nitrogens with zero attached hydrogens (tertiary/aromatic N) is 3. The highest BCUT2D eigenvalue weighted by Gasteiger charge is 2.21. The van der Waals surface area contributed by atoms with E-state index in [0.717, 1.165) is 11.3 Å². The summed E-state index contributed by atoms with van der Waals surface area (Å²) in [6.07, 6.45) is 3.16. The number of hydrogen-bond acceptors (Lipinski definition) is 6. The first-order valence-electron chi connectivity index (χ1n) is 5.96. The molecule has 21 heavy (non-hydrogen) atoms. The van der Waals surface area contributed by atoms with Crippen molar-refractivity contribution in [3.05, 3.63) is 29.0 Å². The Labute approximate surface area is 123 Å². The predicted molar refractivity (Wildman–Crippen MR) is 76.7 cm³/mol. The van der Waals surface area contributed by atoms with Crippen LogP contribution in [0.3, 0.4) is 0 Å². The van der Waals surface area contributed by atoms with Gasteiger partial charge < -0.3 is 14.9 Å². The molecule has 0 fully saturated rings. The van der Waals surface area contributed by atoms with Gasteiger partial charge in [0.05, 0.1) is 24.3 Å². The molecule has 0 radical (unpaired) electrons. The number of hydrogen-bond donors (Lipinski definition) is 2. The lowest BCUT2D eigenvalue weighted by molar-refractivity contribution is 0.0699. The quantitative estimate of drug-likeness (QED) is 0.770. The lowest BCUT2D eigenvalue weighted by Crippen LogP contribution is -1.92. The highest BCUT2D eigenvalue weighted by molar-refractivity contribution is 7.17. The van der Waals surface area contributed by atoms with E-state index in [-0.39, 0.29) is 10.6 Å². The van der Waals surface area contributed by atoms with Crippen LogP contribution in [0, 0.1) is 6.92 Å². The third-order valence-corrected chi connectivity index (χ3v) is 4.39. The van der Waals surface area contributed by atoms with Gasteiger partial charge in [0.15, 0.2) is 4.88 Å². The van der Waals surface area contributed by atoms with Crippen molar-refractivity contribution >= 4 is 28.3 Å². The van der Waals surface area contributed by atoms with Crippen LogP contribution in [-0.2, 0) is 0 Å². The van der Waals surface area contributed by atoms with Crippen molar-refractivity contribution < 1.29 is 19.7 Å². The maximum Gasteiger partial charge on any atom is 0.349 e. The summed E-state index contributed by atoms with van der Waals surface area (Å²) in [7, 11) is 1.52. The Kier molecular flexibility index (Phi) is 3.02. The third kappa shape index (κ3) is 2.00. The summed E-state index contributed by atoms with van der Waals surface area (Å²) < 4.78 is 6.74. The third-order valence-electron chi connectivity index (χ3n) is 3.12. The van der Waals surface area contributed by atoms with Crippen LogP contribution in [0.5, 0.6) is 11.6 Å². The SMILES string of the molecule is COc1cc2ncn(-c3sc(C(=O)O)c(O)c3C)c2cn1. The molecule has 0 aliphatic carbocycles. The second-order valence-corrected chi connectivity index (χ2v) is 5.34. The zero-order valence-corrected chi connectivity index (χ0v) is 12.0. The van der Waals surface area contributed by atoms with Crippen molar-refractivity contribution in [1.82, 2.24) is 14.5 Å². The highest BCUT2D eigenvalue weighted by atomic mass is 32.1. The second kappa shape index (κ2) is 4.74. The molecule has 3 rings (SSSR count). The first kappa shape index (κ1) is 13.4. The Balaban J connectivity index is 2.21. The van der Waals surface area contributed by atoms with Crippen LogP contribution in [-0.4, -0.2) is 37.8 Å². The van der Waals surface area contributed by atoms with Gasteiger partial charge in [-0.05, 0) is 6.92 Å². The zero-order valence-electron chi connectivity index (χ0n) is 11.2. The minimum Gasteiger partial charge on any atom is -0.506 e. The summed E-state index contributed by atoms with van der Waals surface area (Å²) >= 11 is 0.991. The van der Waals surface area contributed by atoms with Gasteiger partial charge in [0.25, 0.3) is 0 Å². The number of aromatic nitrogens is 3. The van der Waals surface area contributed by atoms with Gasteiger partial charge in [-0.25, -0.2) is 14.8 Å². The summed E-state index contributed by atoms with van der Waals surface area (Å²) in [6.45, 7) is 1.66. The summed E-state index contributed by atoms with van der Waals surface area (Å²) in [6, 6.07) is 1.69. The molecule has 3 heterocycles. The summed E-state index contributed by atoms with van der Waals surface area (Å²) in [5.74, 6) is -0.924. The number of fused-ring (bicyclic) bond motifs is 1. The van der Waals surface area contributed by atoms with Crippen LogP contribution in [0.25, 0.3) is 16.0 Å². The van der Waals surface area contributed by atoms with Gasteiger partial charge in [-0.3, -0.25) is 4.57 Å². The van der Waals surface area contributed by atoms with Gasteiger partial charge in [0.2, 0.25) is 5.88 Å². The maximum absolute atomic E-state index is 11.1. The summed E-state index contributed by atoms with van der Waals surface area (Å²) in [5, 5.41) is 19.6. The number of aromatic hydroxyl groups is 1. The Bertz CT molecular complexity index is 853. The Morgan fingerprint density at radius 2 is 2.19 bits per heavy atom. The molecule has 0 saturated heterocycles. The Morgan fingerprint density at radius 1 is 1.43 bits per heavy atom. The molecule has 0 amide bonds. The van der Waals surface area contributed by atoms with Gasteiger partial charge >= 0.3 is 5.97 Å². The van der Waals surface area contributed by atoms with Gasteiger partial charge in [-0.1, -0.05) is 0 Å². The molecule has 0 aromatic carbocycles. The number of rotatable bonds is 3. The number of carboxylic acids is 1. The fourth-order valence-electron chi connectivity index (χ4n) is 2.03. The van der Waals surface area contributed by atoms with Crippen LogP contribution in [0.2, 0.25) is 0 Å². The second-order valence-electron chi connectivity index (χ2n) is 4.35. The van der Waals surface area contributed by atoms with Gasteiger partial charge in [0.1, 0.15) is 17.1 Å². The molecular formula is C13H11N3O4S. The molecule has 3 aromatic rings. The molecule has 2 N–H and O–H groups in total. The van der Waals surface area contributed by atoms with E-state index in [9.17, 15) is 9.90 Å². The maximum atomic E-state index is 11.1. The molecule has 0 atom stereocenters. The van der Waals surface area contributed by atoms with E-state index in [1.54, 1.807) is 30.1 Å². The van der Waals surface area contributed by atoms with Crippen molar-refractivity contribution in [3.8, 4) is 16.6 Å². The zero-order chi connectivity index (χ0) is 15.1. The average Bonchev–Trinajstić information content (AvgIpc) is 3.01. The van der Waals surface area contributed by atoms with Gasteiger partial charge in [-0.15, -0.1) is 11.3 Å². The van der Waals surface area contributed by atoms with E-state index in [1.165, 1.54) is 7.11 Å². The standard InChI is InChI=1S/C13H11N3O4S/c1-6-10(17)11(13(18)19)21-12(6)16-5-15-7-3-9(20-2)14-4-8(7)16/h3-5,17H,1-2H3,(H,18,19). The van der Waals surface area contributed by atoms with Crippen molar-refractivity contribution in [2.75, 3.05) is 7.11 Å². The first-order valence-corrected chi connectivity index (χ1v) is 6.77. The Hall–Kier alpha value is -2.61. The minimum absolute atomic E-state index is 0.0918. The van der Waals surface area contributed by atoms with Gasteiger partial charge in [0, 0.05) is 11.6 Å². The summed E-state index contributed by atoms with van der Waals surface area (Å²) in [5.41, 5.74) is 1.87. The van der Waals surface area contributed by atoms with Crippen LogP contribution in [0.1, 0.15) is 15.2 Å². The molecule has 0 unspecified atom stereocenters. The van der Waals surface area contributed by atoms with Crippen LogP contribution in [0.15, 0.2) is 18.6 Å². The number of thiophene rings is 1. The number of aromatic carboxylic acids is 1. The topological polar surface area (TPSA) is 97.5 Å². The van der Waals surface area contributed by atoms with Crippen molar-refractivity contribution in [2.45, 2.75) is 6.92 Å². The number of carbonyl (C=O) groups is 1. The molecule has 0 aliphatic rings. The number of ether oxygens (including phenoxy) is 1. The fraction of sp³-hybridized carbons (Fsp3) is 0.154. The molecule has 108 valence electrons. The van der Waals surface area contributed by atoms with E-state index in [0.29, 0.717) is 27.5 Å². The van der Waals surface area contributed by atoms with Crippen LogP contribution < -0.4 is 4.74 Å². The highest BCUT2D eigenvalue weighted by Crippen LogP contribution is 2.37. The molecule has 8 heteroatoms. The normalized spacial score (nSPS) is 11.0. The van der Waals surface area contributed by atoms with Gasteiger partial charge in [-0.2, -0.15) is 0 Å². The van der Waals surface area contributed by atoms with Crippen molar-refractivity contribution in [1.29, 1.82) is 0 Å². The molecule has 3 aromatic heterocycles. The van der Waals surface area contributed by atoms with E-state index in [4.69, 9.17) is 9.84 Å². The van der Waals surface area contributed by atoms with Crippen LogP contribution in [0.4, 0.5) is 0 Å². The van der Waals surface area contributed by atoms with E-state index < -0.39 is 5.97 Å². The molecule has 7 nitrogen and oxygen atoms in total. The van der Waals surface area contributed by atoms with E-state index in [1.807, 2.05) is 0 Å². The molecule has 0 aliphatic heterocycles. The monoisotopic (exact) mass is 305 g/mol. The Morgan fingerprint density at radius 3 is 2.81 bits per heavy atom. The van der Waals surface area contributed by atoms with Crippen LogP contribution >= 0.6 is 11.3 Å². The molecular weight excluding hydrogens is 294 g/mol. The smallest absolute Gasteiger partial charge is 0.349 e. The van der Waals surface area contributed by atoms with Crippen molar-refractivity contribution in [2.24, 2.45) is 0 Å². The lowest BCUT2D eigenvalue weighted by Gasteiger charge is -2.03. The number of carboxylic acid groups (broad SMARTS) is 1.